The number of nitrogens with zero attached hydrogens (tertiary/aromatic N) is 3. The Morgan fingerprint density at radius 3 is 2.96 bits per heavy atom. The van der Waals surface area contributed by atoms with Crippen LogP contribution in [0.1, 0.15) is 44.2 Å². The summed E-state index contributed by atoms with van der Waals surface area (Å²) in [5.41, 5.74) is 0.564. The van der Waals surface area contributed by atoms with Gasteiger partial charge in [0.2, 0.25) is 11.8 Å². The van der Waals surface area contributed by atoms with E-state index >= 15 is 0 Å². The smallest absolute Gasteiger partial charge is 0.230 e. The number of hydrogen-bond donors (Lipinski definition) is 0. The van der Waals surface area contributed by atoms with Crippen LogP contribution in [0.2, 0.25) is 0 Å². The Morgan fingerprint density at radius 2 is 2.22 bits per heavy atom. The maximum absolute atomic E-state index is 13.5. The lowest BCUT2D eigenvalue weighted by Crippen LogP contribution is -2.62. The van der Waals surface area contributed by atoms with Crippen molar-refractivity contribution in [3.05, 3.63) is 30.1 Å². The van der Waals surface area contributed by atoms with Crippen LogP contribution in [0.25, 0.3) is 0 Å². The molecule has 2 aliphatic rings. The van der Waals surface area contributed by atoms with Crippen molar-refractivity contribution in [1.29, 1.82) is 0 Å². The van der Waals surface area contributed by atoms with Crippen molar-refractivity contribution in [3.8, 4) is 0 Å². The molecule has 27 heavy (non-hydrogen) atoms. The Hall–Kier alpha value is -1.95. The van der Waals surface area contributed by atoms with E-state index in [0.29, 0.717) is 32.5 Å². The Kier molecular flexibility index (Phi) is 6.47. The van der Waals surface area contributed by atoms with E-state index in [1.54, 1.807) is 13.3 Å². The average Bonchev–Trinajstić information content (AvgIpc) is 2.71. The SMILES string of the molecule is COCCN1C(=O)CC[C@]2(C(=O)N(C)CCc3ccccn3)CCCC[C@@H]12. The minimum Gasteiger partial charge on any atom is -0.383 e. The molecule has 0 N–H and O–H groups in total. The van der Waals surface area contributed by atoms with E-state index in [2.05, 4.69) is 4.98 Å². The number of rotatable bonds is 7. The largest absolute Gasteiger partial charge is 0.383 e. The molecule has 1 saturated carbocycles. The van der Waals surface area contributed by atoms with Gasteiger partial charge in [0.05, 0.1) is 12.0 Å². The first kappa shape index (κ1) is 19.8. The van der Waals surface area contributed by atoms with Crippen LogP contribution in [0.4, 0.5) is 0 Å². The van der Waals surface area contributed by atoms with Gasteiger partial charge in [-0.2, -0.15) is 0 Å². The highest BCUT2D eigenvalue weighted by Crippen LogP contribution is 2.47. The second-order valence-electron chi connectivity index (χ2n) is 7.80. The second-order valence-corrected chi connectivity index (χ2v) is 7.80. The summed E-state index contributed by atoms with van der Waals surface area (Å²) >= 11 is 0. The van der Waals surface area contributed by atoms with E-state index in [1.165, 1.54) is 0 Å². The van der Waals surface area contributed by atoms with Gasteiger partial charge in [-0.1, -0.05) is 18.9 Å². The minimum absolute atomic E-state index is 0.00690. The Bertz CT molecular complexity index is 651. The third-order valence-corrected chi connectivity index (χ3v) is 6.21. The standard InChI is InChI=1S/C21H31N3O3/c1-23(14-10-17-7-4-6-13-22-17)20(26)21-11-5-3-8-18(21)24(15-16-27-2)19(25)9-12-21/h4,6-7,13,18H,3,5,8-12,14-16H2,1-2H3/t18-,21-/m1/s1. The fraction of sp³-hybridized carbons (Fsp3) is 0.667. The predicted octanol–water partition coefficient (Wildman–Crippen LogP) is 2.28. The van der Waals surface area contributed by atoms with E-state index in [0.717, 1.165) is 37.8 Å². The molecule has 0 unspecified atom stereocenters. The van der Waals surface area contributed by atoms with Crippen molar-refractivity contribution >= 4 is 11.8 Å². The number of hydrogen-bond acceptors (Lipinski definition) is 4. The fourth-order valence-corrected chi connectivity index (χ4v) is 4.75. The van der Waals surface area contributed by atoms with Crippen LogP contribution in [-0.4, -0.2) is 66.5 Å². The highest BCUT2D eigenvalue weighted by Gasteiger charge is 2.53. The molecule has 0 spiro atoms. The molecule has 6 nitrogen and oxygen atoms in total. The van der Waals surface area contributed by atoms with E-state index in [1.807, 2.05) is 35.0 Å². The van der Waals surface area contributed by atoms with Crippen LogP contribution < -0.4 is 0 Å². The molecule has 0 radical (unpaired) electrons. The van der Waals surface area contributed by atoms with Gasteiger partial charge in [0.15, 0.2) is 0 Å². The number of carbonyl (C=O) groups is 2. The molecule has 2 fully saturated rings. The quantitative estimate of drug-likeness (QED) is 0.736. The van der Waals surface area contributed by atoms with Crippen molar-refractivity contribution < 1.29 is 14.3 Å². The Morgan fingerprint density at radius 1 is 1.37 bits per heavy atom. The zero-order chi connectivity index (χ0) is 19.3. The van der Waals surface area contributed by atoms with Crippen LogP contribution >= 0.6 is 0 Å². The number of fused-ring (bicyclic) bond motifs is 1. The number of likely N-dealkylation sites (tertiary alicyclic amines) is 1. The first-order chi connectivity index (χ1) is 13.1. The first-order valence-electron chi connectivity index (χ1n) is 10.0. The molecule has 3 rings (SSSR count). The van der Waals surface area contributed by atoms with Gasteiger partial charge in [0, 0.05) is 58.0 Å². The van der Waals surface area contributed by atoms with Crippen molar-refractivity contribution in [2.24, 2.45) is 5.41 Å². The van der Waals surface area contributed by atoms with Gasteiger partial charge < -0.3 is 14.5 Å². The first-order valence-corrected chi connectivity index (χ1v) is 10.0. The summed E-state index contributed by atoms with van der Waals surface area (Å²) in [6.45, 7) is 1.74. The zero-order valence-electron chi connectivity index (χ0n) is 16.5. The highest BCUT2D eigenvalue weighted by atomic mass is 16.5. The second kappa shape index (κ2) is 8.83. The molecule has 0 bridgehead atoms. The number of carbonyl (C=O) groups excluding carboxylic acids is 2. The van der Waals surface area contributed by atoms with E-state index < -0.39 is 5.41 Å². The van der Waals surface area contributed by atoms with Gasteiger partial charge in [0.1, 0.15) is 0 Å². The van der Waals surface area contributed by atoms with Crippen LogP contribution in [0.15, 0.2) is 24.4 Å². The summed E-state index contributed by atoms with van der Waals surface area (Å²) in [5.74, 6) is 0.358. The summed E-state index contributed by atoms with van der Waals surface area (Å²) in [6.07, 6.45) is 7.59. The highest BCUT2D eigenvalue weighted by molar-refractivity contribution is 5.88. The number of amides is 2. The van der Waals surface area contributed by atoms with Gasteiger partial charge in [-0.05, 0) is 31.4 Å². The summed E-state index contributed by atoms with van der Waals surface area (Å²) in [4.78, 5) is 34.2. The molecule has 1 aliphatic heterocycles. The predicted molar refractivity (Wildman–Crippen MR) is 103 cm³/mol. The molecule has 2 atom stereocenters. The normalized spacial score (nSPS) is 25.2. The van der Waals surface area contributed by atoms with Crippen LogP contribution in [-0.2, 0) is 20.7 Å². The number of aromatic nitrogens is 1. The van der Waals surface area contributed by atoms with Gasteiger partial charge in [0.25, 0.3) is 0 Å². The average molecular weight is 373 g/mol. The van der Waals surface area contributed by atoms with Crippen LogP contribution in [0.5, 0.6) is 0 Å². The lowest BCUT2D eigenvalue weighted by molar-refractivity contribution is -0.161. The van der Waals surface area contributed by atoms with E-state index in [4.69, 9.17) is 4.74 Å². The van der Waals surface area contributed by atoms with Crippen molar-refractivity contribution in [2.45, 2.75) is 51.0 Å². The lowest BCUT2D eigenvalue weighted by atomic mass is 9.64. The molecule has 2 heterocycles. The molecule has 6 heteroatoms. The monoisotopic (exact) mass is 373 g/mol. The number of pyridine rings is 1. The molecule has 1 aliphatic carbocycles. The van der Waals surface area contributed by atoms with Gasteiger partial charge in [-0.3, -0.25) is 14.6 Å². The van der Waals surface area contributed by atoms with Crippen molar-refractivity contribution in [3.63, 3.8) is 0 Å². The van der Waals surface area contributed by atoms with Crippen LogP contribution in [0, 0.1) is 5.41 Å². The third kappa shape index (κ3) is 4.15. The summed E-state index contributed by atoms with van der Waals surface area (Å²) < 4.78 is 5.20. The van der Waals surface area contributed by atoms with Crippen LogP contribution in [0.3, 0.4) is 0 Å². The minimum atomic E-state index is -0.432. The molecular weight excluding hydrogens is 342 g/mol. The number of piperidine rings is 1. The van der Waals surface area contributed by atoms with Crippen molar-refractivity contribution in [2.75, 3.05) is 33.9 Å². The lowest BCUT2D eigenvalue weighted by Gasteiger charge is -2.52. The maximum atomic E-state index is 13.5. The summed E-state index contributed by atoms with van der Waals surface area (Å²) in [5, 5.41) is 0. The van der Waals surface area contributed by atoms with E-state index in [-0.39, 0.29) is 17.9 Å². The van der Waals surface area contributed by atoms with Gasteiger partial charge in [-0.15, -0.1) is 0 Å². The Labute approximate surface area is 161 Å². The maximum Gasteiger partial charge on any atom is 0.230 e. The number of ether oxygens (including phenoxy) is 1. The number of methoxy groups -OCH3 is 1. The molecular formula is C21H31N3O3. The Balaban J connectivity index is 1.74. The zero-order valence-corrected chi connectivity index (χ0v) is 16.5. The molecule has 0 aromatic carbocycles. The summed E-state index contributed by atoms with van der Waals surface area (Å²) in [6, 6.07) is 5.87. The van der Waals surface area contributed by atoms with Gasteiger partial charge in [-0.25, -0.2) is 0 Å². The molecule has 1 aromatic rings. The third-order valence-electron chi connectivity index (χ3n) is 6.21. The van der Waals surface area contributed by atoms with Gasteiger partial charge >= 0.3 is 0 Å². The number of likely N-dealkylation sites (N-methyl/N-ethyl adjacent to an activating group) is 1. The van der Waals surface area contributed by atoms with E-state index in [9.17, 15) is 9.59 Å². The molecule has 2 amide bonds. The molecule has 148 valence electrons. The fourth-order valence-electron chi connectivity index (χ4n) is 4.75. The molecule has 1 saturated heterocycles. The van der Waals surface area contributed by atoms with Crippen molar-refractivity contribution in [1.82, 2.24) is 14.8 Å². The topological polar surface area (TPSA) is 62.7 Å². The molecule has 1 aromatic heterocycles. The summed E-state index contributed by atoms with van der Waals surface area (Å²) in [7, 11) is 3.54.